The number of nitrogens with zero attached hydrogens (tertiary/aromatic N) is 5. The summed E-state index contributed by atoms with van der Waals surface area (Å²) in [7, 11) is 0. The smallest absolute Gasteiger partial charge is 0.290 e. The Bertz CT molecular complexity index is 1000. The van der Waals surface area contributed by atoms with Crippen molar-refractivity contribution < 1.29 is 18.0 Å². The van der Waals surface area contributed by atoms with E-state index < -0.39 is 23.4 Å². The van der Waals surface area contributed by atoms with Gasteiger partial charge >= 0.3 is 6.18 Å². The average molecular weight is 371 g/mol. The van der Waals surface area contributed by atoms with Crippen LogP contribution in [-0.4, -0.2) is 25.8 Å². The number of hydrogen-bond acceptors (Lipinski definition) is 5. The van der Waals surface area contributed by atoms with Gasteiger partial charge in [-0.1, -0.05) is 22.9 Å². The van der Waals surface area contributed by atoms with Crippen LogP contribution < -0.4 is 0 Å². The van der Waals surface area contributed by atoms with Gasteiger partial charge in [-0.25, -0.2) is 4.68 Å². The molecule has 0 amide bonds. The van der Waals surface area contributed by atoms with E-state index in [9.17, 15) is 23.2 Å². The number of rotatable bonds is 4. The van der Waals surface area contributed by atoms with E-state index in [1.54, 1.807) is 18.2 Å². The van der Waals surface area contributed by atoms with Crippen molar-refractivity contribution in [1.82, 2.24) is 20.0 Å². The van der Waals surface area contributed by atoms with Gasteiger partial charge in [-0.3, -0.25) is 9.78 Å². The summed E-state index contributed by atoms with van der Waals surface area (Å²) in [6, 6.07) is 10.9. The van der Waals surface area contributed by atoms with Crippen LogP contribution in [0.5, 0.6) is 0 Å². The van der Waals surface area contributed by atoms with Gasteiger partial charge in [-0.05, 0) is 31.2 Å². The van der Waals surface area contributed by atoms with Crippen LogP contribution >= 0.6 is 0 Å². The zero-order valence-corrected chi connectivity index (χ0v) is 14.0. The highest BCUT2D eigenvalue weighted by atomic mass is 19.4. The Morgan fingerprint density at radius 2 is 1.89 bits per heavy atom. The Balaban J connectivity index is 1.85. The van der Waals surface area contributed by atoms with Crippen LogP contribution in [0.1, 0.15) is 33.2 Å². The summed E-state index contributed by atoms with van der Waals surface area (Å²) < 4.78 is 39.2. The predicted octanol–water partition coefficient (Wildman–Crippen LogP) is 3.48. The Hall–Kier alpha value is -3.54. The van der Waals surface area contributed by atoms with Crippen molar-refractivity contribution in [3.05, 3.63) is 71.3 Å². The molecule has 0 N–H and O–H groups in total. The number of nitriles is 1. The Kier molecular flexibility index (Phi) is 4.73. The minimum absolute atomic E-state index is 0.0798. The normalized spacial score (nSPS) is 12.4. The van der Waals surface area contributed by atoms with E-state index in [0.717, 1.165) is 17.7 Å². The zero-order chi connectivity index (χ0) is 19.6. The summed E-state index contributed by atoms with van der Waals surface area (Å²) in [5.74, 6) is -2.07. The maximum atomic E-state index is 12.6. The topological polar surface area (TPSA) is 84.5 Å². The van der Waals surface area contributed by atoms with Crippen LogP contribution in [0.25, 0.3) is 5.69 Å². The monoisotopic (exact) mass is 371 g/mol. The minimum Gasteiger partial charge on any atom is -0.290 e. The molecule has 0 radical (unpaired) electrons. The third-order valence-electron chi connectivity index (χ3n) is 3.85. The van der Waals surface area contributed by atoms with E-state index in [2.05, 4.69) is 15.3 Å². The molecule has 0 saturated heterocycles. The Morgan fingerprint density at radius 3 is 2.44 bits per heavy atom. The standard InChI is InChI=1S/C18H12F3N5O/c1-11-2-5-13(6-3-11)26-10-16(24-25-26)17(27)14(8-22)15-7-4-12(9-23-15)18(19,20)21/h2-7,9-10,14H,1H3. The molecule has 0 aliphatic heterocycles. The van der Waals surface area contributed by atoms with Crippen molar-refractivity contribution in [2.24, 2.45) is 0 Å². The van der Waals surface area contributed by atoms with Crippen molar-refractivity contribution in [2.75, 3.05) is 0 Å². The van der Waals surface area contributed by atoms with Crippen LogP contribution in [0.2, 0.25) is 0 Å². The molecule has 1 unspecified atom stereocenters. The number of carbonyl (C=O) groups excluding carboxylic acids is 1. The molecule has 0 saturated carbocycles. The molecule has 1 aromatic carbocycles. The molecule has 3 rings (SSSR count). The van der Waals surface area contributed by atoms with Crippen LogP contribution in [0.3, 0.4) is 0 Å². The zero-order valence-electron chi connectivity index (χ0n) is 14.0. The van der Waals surface area contributed by atoms with Crippen LogP contribution in [-0.2, 0) is 6.18 Å². The largest absolute Gasteiger partial charge is 0.417 e. The van der Waals surface area contributed by atoms with Gasteiger partial charge in [-0.2, -0.15) is 18.4 Å². The third kappa shape index (κ3) is 3.84. The molecule has 0 spiro atoms. The summed E-state index contributed by atoms with van der Waals surface area (Å²) in [5.41, 5.74) is 0.603. The van der Waals surface area contributed by atoms with E-state index in [1.807, 2.05) is 19.1 Å². The number of halogens is 3. The molecule has 0 bridgehead atoms. The van der Waals surface area contributed by atoms with E-state index in [-0.39, 0.29) is 11.4 Å². The van der Waals surface area contributed by atoms with E-state index >= 15 is 0 Å². The van der Waals surface area contributed by atoms with Gasteiger partial charge in [0, 0.05) is 6.20 Å². The first kappa shape index (κ1) is 18.3. The number of Topliss-reactive ketones (excluding diaryl/α,β-unsaturated/α-hetero) is 1. The summed E-state index contributed by atoms with van der Waals surface area (Å²) >= 11 is 0. The number of aromatic nitrogens is 4. The van der Waals surface area contributed by atoms with Gasteiger partial charge in [0.05, 0.1) is 29.2 Å². The number of pyridine rings is 1. The fourth-order valence-electron chi connectivity index (χ4n) is 2.35. The van der Waals surface area contributed by atoms with Gasteiger partial charge in [0.15, 0.2) is 11.6 Å². The first-order chi connectivity index (χ1) is 12.8. The fourth-order valence-corrected chi connectivity index (χ4v) is 2.35. The van der Waals surface area contributed by atoms with Crippen LogP contribution in [0.4, 0.5) is 13.2 Å². The summed E-state index contributed by atoms with van der Waals surface area (Å²) in [4.78, 5) is 16.2. The maximum absolute atomic E-state index is 12.6. The molecular formula is C18H12F3N5O. The van der Waals surface area contributed by atoms with Crippen molar-refractivity contribution in [1.29, 1.82) is 5.26 Å². The Labute approximate surface area is 151 Å². The molecular weight excluding hydrogens is 359 g/mol. The van der Waals surface area contributed by atoms with E-state index in [0.29, 0.717) is 11.9 Å². The van der Waals surface area contributed by atoms with Crippen molar-refractivity contribution in [2.45, 2.75) is 19.0 Å². The number of aryl methyl sites for hydroxylation is 1. The lowest BCUT2D eigenvalue weighted by Crippen LogP contribution is -2.14. The molecule has 1 atom stereocenters. The second-order valence-electron chi connectivity index (χ2n) is 5.78. The number of hydrogen-bond donors (Lipinski definition) is 0. The number of benzene rings is 1. The summed E-state index contributed by atoms with van der Waals surface area (Å²) in [5, 5.41) is 16.9. The number of carbonyl (C=O) groups is 1. The molecule has 0 aliphatic rings. The van der Waals surface area contributed by atoms with Crippen LogP contribution in [0.15, 0.2) is 48.8 Å². The Morgan fingerprint density at radius 1 is 1.19 bits per heavy atom. The first-order valence-corrected chi connectivity index (χ1v) is 7.76. The highest BCUT2D eigenvalue weighted by molar-refractivity contribution is 6.00. The molecule has 6 nitrogen and oxygen atoms in total. The summed E-state index contributed by atoms with van der Waals surface area (Å²) in [6.45, 7) is 1.93. The molecule has 0 aliphatic carbocycles. The average Bonchev–Trinajstić information content (AvgIpc) is 3.13. The van der Waals surface area contributed by atoms with Crippen molar-refractivity contribution in [3.8, 4) is 11.8 Å². The van der Waals surface area contributed by atoms with Gasteiger partial charge in [-0.15, -0.1) is 5.10 Å². The quantitative estimate of drug-likeness (QED) is 0.656. The fraction of sp³-hybridized carbons (Fsp3) is 0.167. The van der Waals surface area contributed by atoms with Gasteiger partial charge < -0.3 is 0 Å². The van der Waals surface area contributed by atoms with E-state index in [1.165, 1.54) is 10.9 Å². The maximum Gasteiger partial charge on any atom is 0.417 e. The minimum atomic E-state index is -4.55. The lowest BCUT2D eigenvalue weighted by molar-refractivity contribution is -0.137. The predicted molar refractivity (Wildman–Crippen MR) is 88.0 cm³/mol. The first-order valence-electron chi connectivity index (χ1n) is 7.76. The van der Waals surface area contributed by atoms with Gasteiger partial charge in [0.25, 0.3) is 0 Å². The highest BCUT2D eigenvalue weighted by Crippen LogP contribution is 2.29. The molecule has 3 aromatic rings. The molecule has 2 heterocycles. The van der Waals surface area contributed by atoms with Crippen LogP contribution in [0, 0.1) is 18.3 Å². The van der Waals surface area contributed by atoms with E-state index in [4.69, 9.17) is 0 Å². The third-order valence-corrected chi connectivity index (χ3v) is 3.85. The van der Waals surface area contributed by atoms with Crippen molar-refractivity contribution in [3.63, 3.8) is 0 Å². The second kappa shape index (κ2) is 6.99. The molecule has 27 heavy (non-hydrogen) atoms. The van der Waals surface area contributed by atoms with Gasteiger partial charge in [0.2, 0.25) is 5.78 Å². The van der Waals surface area contributed by atoms with Gasteiger partial charge in [0.1, 0.15) is 0 Å². The highest BCUT2D eigenvalue weighted by Gasteiger charge is 2.32. The second-order valence-corrected chi connectivity index (χ2v) is 5.78. The lowest BCUT2D eigenvalue weighted by atomic mass is 9.99. The summed E-state index contributed by atoms with van der Waals surface area (Å²) in [6.07, 6.45) is -2.59. The molecule has 136 valence electrons. The molecule has 0 fully saturated rings. The molecule has 9 heteroatoms. The SMILES string of the molecule is Cc1ccc(-n2cc(C(=O)C(C#N)c3ccc(C(F)(F)F)cn3)nn2)cc1. The van der Waals surface area contributed by atoms with Crippen molar-refractivity contribution >= 4 is 5.78 Å². The lowest BCUT2D eigenvalue weighted by Gasteiger charge is -2.09. The number of ketones is 1. The molecule has 2 aromatic heterocycles. The number of alkyl halides is 3.